The molecule has 2 heterocycles. The van der Waals surface area contributed by atoms with Gasteiger partial charge in [0, 0.05) is 19.2 Å². The van der Waals surface area contributed by atoms with Crippen LogP contribution >= 0.6 is 11.3 Å². The number of thiophene rings is 1. The smallest absolute Gasteiger partial charge is 0.346 e. The molecule has 2 rings (SSSR count). The van der Waals surface area contributed by atoms with Crippen LogP contribution in [0.15, 0.2) is 11.4 Å². The number of carbonyl (C=O) groups is 1. The molecule has 0 bridgehead atoms. The van der Waals surface area contributed by atoms with Crippen LogP contribution < -0.4 is 0 Å². The van der Waals surface area contributed by atoms with Gasteiger partial charge in [-0.05, 0) is 43.7 Å². The molecule has 0 spiro atoms. The van der Waals surface area contributed by atoms with Crippen LogP contribution in [0.3, 0.4) is 0 Å². The molecule has 1 atom stereocenters. The molecule has 1 aliphatic rings. The summed E-state index contributed by atoms with van der Waals surface area (Å²) in [5.74, 6) is -1.38. The minimum Gasteiger partial charge on any atom is -0.477 e. The summed E-state index contributed by atoms with van der Waals surface area (Å²) in [6, 6.07) is 1.37. The van der Waals surface area contributed by atoms with Crippen LogP contribution in [0.1, 0.15) is 41.9 Å². The number of rotatable bonds is 7. The second-order valence-electron chi connectivity index (χ2n) is 5.63. The lowest BCUT2D eigenvalue weighted by Gasteiger charge is -2.28. The van der Waals surface area contributed by atoms with E-state index in [1.54, 1.807) is 11.4 Å². The van der Waals surface area contributed by atoms with Crippen molar-refractivity contribution in [2.75, 3.05) is 13.2 Å². The average Bonchev–Trinajstić information content (AvgIpc) is 3.05. The van der Waals surface area contributed by atoms with E-state index in [4.69, 9.17) is 9.84 Å². The van der Waals surface area contributed by atoms with Gasteiger partial charge in [-0.2, -0.15) is 4.31 Å². The molecule has 1 unspecified atom stereocenters. The van der Waals surface area contributed by atoms with Gasteiger partial charge in [0.15, 0.2) is 0 Å². The van der Waals surface area contributed by atoms with E-state index < -0.39 is 16.0 Å². The molecule has 0 saturated carbocycles. The maximum atomic E-state index is 12.7. The van der Waals surface area contributed by atoms with Crippen molar-refractivity contribution in [2.45, 2.75) is 44.6 Å². The van der Waals surface area contributed by atoms with Gasteiger partial charge in [-0.1, -0.05) is 0 Å². The predicted molar refractivity (Wildman–Crippen MR) is 84.7 cm³/mol. The molecule has 0 amide bonds. The summed E-state index contributed by atoms with van der Waals surface area (Å²) in [6.45, 7) is 4.63. The van der Waals surface area contributed by atoms with Crippen LogP contribution in [0.4, 0.5) is 0 Å². The number of carboxylic acid groups (broad SMARTS) is 1. The molecular formula is C14H21NO5S2. The first-order valence-electron chi connectivity index (χ1n) is 7.22. The summed E-state index contributed by atoms with van der Waals surface area (Å²) in [5, 5.41) is 10.7. The zero-order valence-electron chi connectivity index (χ0n) is 12.7. The molecule has 1 fully saturated rings. The minimum atomic E-state index is -3.59. The number of hydrogen-bond acceptors (Lipinski definition) is 5. The molecule has 1 aromatic rings. The summed E-state index contributed by atoms with van der Waals surface area (Å²) in [7, 11) is -3.59. The van der Waals surface area contributed by atoms with E-state index in [1.165, 1.54) is 4.31 Å². The number of sulfonamides is 1. The molecule has 124 valence electrons. The molecule has 0 aromatic carbocycles. The van der Waals surface area contributed by atoms with Gasteiger partial charge in [-0.15, -0.1) is 11.3 Å². The highest BCUT2D eigenvalue weighted by Gasteiger charge is 2.31. The van der Waals surface area contributed by atoms with Crippen molar-refractivity contribution >= 4 is 27.3 Å². The third-order valence-electron chi connectivity index (χ3n) is 3.62. The normalized spacial score (nSPS) is 19.2. The highest BCUT2D eigenvalue weighted by Crippen LogP contribution is 2.23. The van der Waals surface area contributed by atoms with Crippen molar-refractivity contribution in [1.82, 2.24) is 4.31 Å². The Morgan fingerprint density at radius 1 is 1.55 bits per heavy atom. The summed E-state index contributed by atoms with van der Waals surface area (Å²) >= 11 is 1.04. The van der Waals surface area contributed by atoms with Gasteiger partial charge in [0.05, 0.1) is 11.9 Å². The second-order valence-corrected chi connectivity index (χ2v) is 8.47. The number of nitrogens with zero attached hydrogens (tertiary/aromatic N) is 1. The molecular weight excluding hydrogens is 326 g/mol. The van der Waals surface area contributed by atoms with E-state index in [1.807, 2.05) is 13.8 Å². The zero-order valence-corrected chi connectivity index (χ0v) is 14.3. The number of carboxylic acids is 1. The molecule has 1 aliphatic heterocycles. The van der Waals surface area contributed by atoms with Gasteiger partial charge in [0.1, 0.15) is 4.88 Å². The van der Waals surface area contributed by atoms with Crippen molar-refractivity contribution in [2.24, 2.45) is 0 Å². The first-order valence-corrected chi connectivity index (χ1v) is 9.71. The fraction of sp³-hybridized carbons (Fsp3) is 0.643. The Kier molecular flexibility index (Phi) is 5.60. The largest absolute Gasteiger partial charge is 0.477 e. The fourth-order valence-corrected chi connectivity index (χ4v) is 5.24. The van der Waals surface area contributed by atoms with Crippen LogP contribution in [0.5, 0.6) is 0 Å². The summed E-state index contributed by atoms with van der Waals surface area (Å²) in [4.78, 5) is 11.2. The Morgan fingerprint density at radius 3 is 2.82 bits per heavy atom. The van der Waals surface area contributed by atoms with Crippen molar-refractivity contribution in [3.8, 4) is 0 Å². The quantitative estimate of drug-likeness (QED) is 0.817. The Hall–Kier alpha value is -0.960. The standard InChI is InChI=1S/C14H21NO5S2/c1-10(2)15(8-12-4-3-6-20-12)22(18,19)9-11-5-7-21-13(11)14(16)17/h5,7,10,12H,3-4,6,8-9H2,1-2H3,(H,16,17). The Balaban J connectivity index is 2.17. The van der Waals surface area contributed by atoms with Crippen molar-refractivity contribution in [1.29, 1.82) is 0 Å². The van der Waals surface area contributed by atoms with Gasteiger partial charge < -0.3 is 9.84 Å². The van der Waals surface area contributed by atoms with E-state index in [0.29, 0.717) is 18.7 Å². The first kappa shape index (κ1) is 17.4. The van der Waals surface area contributed by atoms with Crippen LogP contribution in [-0.4, -0.2) is 49.1 Å². The third-order valence-corrected chi connectivity index (χ3v) is 6.53. The highest BCUT2D eigenvalue weighted by molar-refractivity contribution is 7.88. The van der Waals surface area contributed by atoms with Crippen molar-refractivity contribution in [3.63, 3.8) is 0 Å². The van der Waals surface area contributed by atoms with Crippen LogP contribution in [0.25, 0.3) is 0 Å². The molecule has 8 heteroatoms. The molecule has 6 nitrogen and oxygen atoms in total. The van der Waals surface area contributed by atoms with Gasteiger partial charge in [0.2, 0.25) is 10.0 Å². The minimum absolute atomic E-state index is 0.0707. The maximum Gasteiger partial charge on any atom is 0.346 e. The molecule has 22 heavy (non-hydrogen) atoms. The second kappa shape index (κ2) is 7.08. The zero-order chi connectivity index (χ0) is 16.3. The molecule has 1 N–H and O–H groups in total. The SMILES string of the molecule is CC(C)N(CC1CCCO1)S(=O)(=O)Cc1ccsc1C(=O)O. The summed E-state index contributed by atoms with van der Waals surface area (Å²) in [5.41, 5.74) is 0.343. The highest BCUT2D eigenvalue weighted by atomic mass is 32.2. The lowest BCUT2D eigenvalue weighted by molar-refractivity contribution is 0.0701. The molecule has 1 saturated heterocycles. The van der Waals surface area contributed by atoms with Crippen LogP contribution in [0.2, 0.25) is 0 Å². The number of aromatic carboxylic acids is 1. The average molecular weight is 347 g/mol. The van der Waals surface area contributed by atoms with Gasteiger partial charge in [0.25, 0.3) is 0 Å². The van der Waals surface area contributed by atoms with Gasteiger partial charge >= 0.3 is 5.97 Å². The van der Waals surface area contributed by atoms with Crippen LogP contribution in [0, 0.1) is 0 Å². The van der Waals surface area contributed by atoms with E-state index in [0.717, 1.165) is 24.2 Å². The maximum absolute atomic E-state index is 12.7. The lowest BCUT2D eigenvalue weighted by Crippen LogP contribution is -2.42. The van der Waals surface area contributed by atoms with Gasteiger partial charge in [-0.25, -0.2) is 13.2 Å². The first-order chi connectivity index (χ1) is 10.3. The molecule has 1 aromatic heterocycles. The molecule has 0 aliphatic carbocycles. The Labute approximate surface area is 134 Å². The molecule has 0 radical (unpaired) electrons. The van der Waals surface area contributed by atoms with Crippen LogP contribution in [-0.2, 0) is 20.5 Å². The number of hydrogen-bond donors (Lipinski definition) is 1. The Bertz CT molecular complexity index is 617. The van der Waals surface area contributed by atoms with Crippen molar-refractivity contribution < 1.29 is 23.1 Å². The van der Waals surface area contributed by atoms with E-state index >= 15 is 0 Å². The van der Waals surface area contributed by atoms with E-state index in [-0.39, 0.29) is 22.8 Å². The monoisotopic (exact) mass is 347 g/mol. The van der Waals surface area contributed by atoms with Gasteiger partial charge in [-0.3, -0.25) is 0 Å². The van der Waals surface area contributed by atoms with E-state index in [9.17, 15) is 13.2 Å². The van der Waals surface area contributed by atoms with Crippen molar-refractivity contribution in [3.05, 3.63) is 21.9 Å². The summed E-state index contributed by atoms with van der Waals surface area (Å²) < 4.78 is 32.3. The lowest BCUT2D eigenvalue weighted by atomic mass is 10.2. The number of ether oxygens (including phenoxy) is 1. The summed E-state index contributed by atoms with van der Waals surface area (Å²) in [6.07, 6.45) is 1.74. The third kappa shape index (κ3) is 4.07. The Morgan fingerprint density at radius 2 is 2.27 bits per heavy atom. The van der Waals surface area contributed by atoms with E-state index in [2.05, 4.69) is 0 Å². The predicted octanol–water partition coefficient (Wildman–Crippen LogP) is 2.17. The topological polar surface area (TPSA) is 83.9 Å². The fourth-order valence-electron chi connectivity index (χ4n) is 2.55.